The van der Waals surface area contributed by atoms with Crippen molar-refractivity contribution in [3.8, 4) is 0 Å². The van der Waals surface area contributed by atoms with Gasteiger partial charge in [0.2, 0.25) is 15.9 Å². The van der Waals surface area contributed by atoms with Gasteiger partial charge in [-0.1, -0.05) is 6.07 Å². The van der Waals surface area contributed by atoms with Crippen LogP contribution in [0.4, 0.5) is 0 Å². The average molecular weight is 408 g/mol. The number of aryl methyl sites for hydroxylation is 3. The number of carbonyl (C=O) groups is 1. The minimum Gasteiger partial charge on any atom is -0.351 e. The van der Waals surface area contributed by atoms with E-state index in [0.717, 1.165) is 35.4 Å². The van der Waals surface area contributed by atoms with Crippen molar-refractivity contribution in [3.63, 3.8) is 0 Å². The second-order valence-electron chi connectivity index (χ2n) is 6.78. The SMILES string of the molecule is Cc1ncsc1CNC(=O)CCCNS(=O)(=O)c1ccc2c(c1)CCCC2. The van der Waals surface area contributed by atoms with Crippen molar-refractivity contribution in [3.05, 3.63) is 45.4 Å². The molecule has 0 aliphatic heterocycles. The molecule has 0 atom stereocenters. The summed E-state index contributed by atoms with van der Waals surface area (Å²) >= 11 is 1.51. The number of benzene rings is 1. The Kier molecular flexibility index (Phi) is 6.62. The summed E-state index contributed by atoms with van der Waals surface area (Å²) < 4.78 is 27.5. The van der Waals surface area contributed by atoms with Crippen LogP contribution in [0, 0.1) is 6.92 Å². The molecule has 8 heteroatoms. The Balaban J connectivity index is 1.44. The Hall–Kier alpha value is -1.77. The van der Waals surface area contributed by atoms with Gasteiger partial charge in [0, 0.05) is 17.8 Å². The molecule has 1 heterocycles. The van der Waals surface area contributed by atoms with Crippen molar-refractivity contribution in [2.75, 3.05) is 6.54 Å². The van der Waals surface area contributed by atoms with Gasteiger partial charge in [-0.2, -0.15) is 0 Å². The highest BCUT2D eigenvalue weighted by Gasteiger charge is 2.17. The third-order valence-corrected chi connectivity index (χ3v) is 7.19. The Morgan fingerprint density at radius 3 is 2.74 bits per heavy atom. The molecule has 1 aliphatic carbocycles. The van der Waals surface area contributed by atoms with Gasteiger partial charge in [0.25, 0.3) is 0 Å². The van der Waals surface area contributed by atoms with Crippen molar-refractivity contribution in [2.45, 2.75) is 56.9 Å². The monoisotopic (exact) mass is 407 g/mol. The number of fused-ring (bicyclic) bond motifs is 1. The lowest BCUT2D eigenvalue weighted by Gasteiger charge is -2.16. The fourth-order valence-corrected chi connectivity index (χ4v) is 5.02. The van der Waals surface area contributed by atoms with Crippen LogP contribution in [0.25, 0.3) is 0 Å². The van der Waals surface area contributed by atoms with Crippen molar-refractivity contribution < 1.29 is 13.2 Å². The summed E-state index contributed by atoms with van der Waals surface area (Å²) in [7, 11) is -3.53. The zero-order valence-corrected chi connectivity index (χ0v) is 17.1. The maximum Gasteiger partial charge on any atom is 0.240 e. The molecule has 1 aliphatic rings. The molecule has 0 bridgehead atoms. The van der Waals surface area contributed by atoms with Crippen molar-refractivity contribution in [2.24, 2.45) is 0 Å². The van der Waals surface area contributed by atoms with Crippen molar-refractivity contribution in [1.82, 2.24) is 15.0 Å². The fourth-order valence-electron chi connectivity index (χ4n) is 3.18. The van der Waals surface area contributed by atoms with E-state index in [4.69, 9.17) is 0 Å². The molecule has 1 aromatic heterocycles. The van der Waals surface area contributed by atoms with E-state index in [9.17, 15) is 13.2 Å². The highest BCUT2D eigenvalue weighted by atomic mass is 32.2. The van der Waals surface area contributed by atoms with E-state index in [0.29, 0.717) is 17.9 Å². The molecule has 2 N–H and O–H groups in total. The molecule has 0 spiro atoms. The minimum absolute atomic E-state index is 0.0872. The maximum atomic E-state index is 12.5. The number of aromatic nitrogens is 1. The molecule has 0 fully saturated rings. The van der Waals surface area contributed by atoms with Crippen molar-refractivity contribution in [1.29, 1.82) is 0 Å². The molecular formula is C19H25N3O3S2. The Morgan fingerprint density at radius 1 is 1.22 bits per heavy atom. The number of sulfonamides is 1. The van der Waals surface area contributed by atoms with E-state index in [-0.39, 0.29) is 18.9 Å². The van der Waals surface area contributed by atoms with E-state index in [1.807, 2.05) is 13.0 Å². The molecule has 0 unspecified atom stereocenters. The van der Waals surface area contributed by atoms with Gasteiger partial charge in [0.15, 0.2) is 0 Å². The summed E-state index contributed by atoms with van der Waals surface area (Å²) in [6, 6.07) is 5.40. The van der Waals surface area contributed by atoms with Crippen LogP contribution in [-0.4, -0.2) is 25.9 Å². The van der Waals surface area contributed by atoms with Gasteiger partial charge in [0.1, 0.15) is 0 Å². The molecule has 1 aromatic carbocycles. The first kappa shape index (κ1) is 20.0. The molecule has 6 nitrogen and oxygen atoms in total. The highest BCUT2D eigenvalue weighted by Crippen LogP contribution is 2.24. The number of hydrogen-bond acceptors (Lipinski definition) is 5. The zero-order valence-electron chi connectivity index (χ0n) is 15.5. The number of hydrogen-bond donors (Lipinski definition) is 2. The zero-order chi connectivity index (χ0) is 19.3. The van der Waals surface area contributed by atoms with Gasteiger partial charge in [-0.25, -0.2) is 18.1 Å². The number of rotatable bonds is 8. The topological polar surface area (TPSA) is 88.2 Å². The first-order valence-corrected chi connectivity index (χ1v) is 11.6. The molecule has 2 aromatic rings. The molecule has 1 amide bonds. The Bertz CT molecular complexity index is 907. The quantitative estimate of drug-likeness (QED) is 0.659. The Morgan fingerprint density at radius 2 is 2.00 bits per heavy atom. The smallest absolute Gasteiger partial charge is 0.240 e. The first-order valence-electron chi connectivity index (χ1n) is 9.23. The van der Waals surface area contributed by atoms with Gasteiger partial charge >= 0.3 is 0 Å². The minimum atomic E-state index is -3.53. The second-order valence-corrected chi connectivity index (χ2v) is 9.48. The summed E-state index contributed by atoms with van der Waals surface area (Å²) in [5.74, 6) is -0.0872. The van der Waals surface area contributed by atoms with Crippen LogP contribution in [0.2, 0.25) is 0 Å². The first-order chi connectivity index (χ1) is 13.0. The predicted molar refractivity (Wildman–Crippen MR) is 106 cm³/mol. The molecule has 0 saturated carbocycles. The summed E-state index contributed by atoms with van der Waals surface area (Å²) in [5, 5.41) is 2.84. The van der Waals surface area contributed by atoms with Crippen LogP contribution in [0.3, 0.4) is 0 Å². The maximum absolute atomic E-state index is 12.5. The summed E-state index contributed by atoms with van der Waals surface area (Å²) in [6.07, 6.45) is 4.99. The summed E-state index contributed by atoms with van der Waals surface area (Å²) in [5.41, 5.74) is 5.08. The molecule has 0 radical (unpaired) electrons. The predicted octanol–water partition coefficient (Wildman–Crippen LogP) is 2.71. The lowest BCUT2D eigenvalue weighted by atomic mass is 9.92. The molecule has 0 saturated heterocycles. The second kappa shape index (κ2) is 8.95. The van der Waals surface area contributed by atoms with Gasteiger partial charge < -0.3 is 5.32 Å². The van der Waals surface area contributed by atoms with E-state index in [2.05, 4.69) is 15.0 Å². The molecule has 146 valence electrons. The van der Waals surface area contributed by atoms with Crippen LogP contribution < -0.4 is 10.0 Å². The van der Waals surface area contributed by atoms with E-state index in [1.165, 1.54) is 23.3 Å². The summed E-state index contributed by atoms with van der Waals surface area (Å²) in [4.78, 5) is 17.4. The van der Waals surface area contributed by atoms with Crippen LogP contribution in [0.1, 0.15) is 47.4 Å². The molecule has 3 rings (SSSR count). The van der Waals surface area contributed by atoms with Crippen molar-refractivity contribution >= 4 is 27.3 Å². The number of amides is 1. The third kappa shape index (κ3) is 5.37. The highest BCUT2D eigenvalue weighted by molar-refractivity contribution is 7.89. The number of nitrogens with zero attached hydrogens (tertiary/aromatic N) is 1. The van der Waals surface area contributed by atoms with Gasteiger partial charge in [-0.05, 0) is 62.3 Å². The van der Waals surface area contributed by atoms with E-state index in [1.54, 1.807) is 17.6 Å². The molecular weight excluding hydrogens is 382 g/mol. The van der Waals surface area contributed by atoms with Gasteiger partial charge in [0.05, 0.1) is 22.6 Å². The number of thiazole rings is 1. The van der Waals surface area contributed by atoms with Crippen LogP contribution in [0.5, 0.6) is 0 Å². The standard InChI is InChI=1S/C19H25N3O3S2/c1-14-18(26-13-21-14)12-20-19(23)7-4-10-22-27(24,25)17-9-8-15-5-2-3-6-16(15)11-17/h8-9,11,13,22H,2-7,10,12H2,1H3,(H,20,23). The van der Waals surface area contributed by atoms with Crippen LogP contribution in [0.15, 0.2) is 28.6 Å². The van der Waals surface area contributed by atoms with Gasteiger partial charge in [-0.15, -0.1) is 11.3 Å². The Labute approximate surface area is 164 Å². The number of carbonyl (C=O) groups excluding carboxylic acids is 1. The summed E-state index contributed by atoms with van der Waals surface area (Å²) in [6.45, 7) is 2.62. The van der Waals surface area contributed by atoms with Crippen LogP contribution >= 0.6 is 11.3 Å². The third-order valence-electron chi connectivity index (χ3n) is 4.79. The molecule has 27 heavy (non-hydrogen) atoms. The van der Waals surface area contributed by atoms with E-state index >= 15 is 0 Å². The largest absolute Gasteiger partial charge is 0.351 e. The van der Waals surface area contributed by atoms with E-state index < -0.39 is 10.0 Å². The lowest BCUT2D eigenvalue weighted by molar-refractivity contribution is -0.121. The normalized spacial score (nSPS) is 14.0. The average Bonchev–Trinajstić information content (AvgIpc) is 3.08. The number of nitrogens with one attached hydrogen (secondary N) is 2. The fraction of sp³-hybridized carbons (Fsp3) is 0.474. The van der Waals surface area contributed by atoms with Gasteiger partial charge in [-0.3, -0.25) is 4.79 Å². The lowest BCUT2D eigenvalue weighted by Crippen LogP contribution is -2.27. The van der Waals surface area contributed by atoms with Crippen LogP contribution in [-0.2, 0) is 34.2 Å².